The van der Waals surface area contributed by atoms with Crippen LogP contribution in [0.25, 0.3) is 11.3 Å². The van der Waals surface area contributed by atoms with Crippen molar-refractivity contribution in [1.29, 1.82) is 0 Å². The summed E-state index contributed by atoms with van der Waals surface area (Å²) in [7, 11) is 0. The Morgan fingerprint density at radius 3 is 2.52 bits per heavy atom. The number of carbonyl (C=O) groups is 2. The molecule has 0 saturated heterocycles. The summed E-state index contributed by atoms with van der Waals surface area (Å²) in [5.74, 6) is -1.09. The number of carbonyl (C=O) groups excluding carboxylic acids is 2. The normalized spacial score (nSPS) is 14.6. The number of rotatable bonds is 5. The van der Waals surface area contributed by atoms with E-state index in [1.807, 2.05) is 0 Å². The first-order valence-corrected chi connectivity index (χ1v) is 8.44. The van der Waals surface area contributed by atoms with E-state index in [1.165, 1.54) is 6.07 Å². The Kier molecular flexibility index (Phi) is 3.99. The number of hydrogen-bond acceptors (Lipinski definition) is 4. The summed E-state index contributed by atoms with van der Waals surface area (Å²) in [5, 5.41) is 6.75. The zero-order valence-electron chi connectivity index (χ0n) is 14.2. The Hall–Kier alpha value is -3.48. The highest BCUT2D eigenvalue weighted by atomic mass is 19.1. The van der Waals surface area contributed by atoms with Crippen molar-refractivity contribution in [3.8, 4) is 11.3 Å². The van der Waals surface area contributed by atoms with Crippen molar-refractivity contribution in [3.05, 3.63) is 71.7 Å². The van der Waals surface area contributed by atoms with E-state index in [4.69, 9.17) is 10.3 Å². The number of nitrogens with one attached hydrogen (secondary N) is 1. The van der Waals surface area contributed by atoms with Gasteiger partial charge in [-0.3, -0.25) is 9.59 Å². The lowest BCUT2D eigenvalue weighted by molar-refractivity contribution is -0.118. The third-order valence-electron chi connectivity index (χ3n) is 4.77. The Labute approximate surface area is 154 Å². The van der Waals surface area contributed by atoms with Crippen LogP contribution in [0.3, 0.4) is 0 Å². The van der Waals surface area contributed by atoms with Crippen molar-refractivity contribution in [2.45, 2.75) is 18.3 Å². The second-order valence-electron chi connectivity index (χ2n) is 6.50. The molecule has 0 bridgehead atoms. The summed E-state index contributed by atoms with van der Waals surface area (Å²) in [5.41, 5.74) is 5.81. The van der Waals surface area contributed by atoms with Crippen LogP contribution in [0.2, 0.25) is 0 Å². The molecule has 3 aromatic rings. The number of para-hydroxylation sites is 1. The number of nitrogens with zero attached hydrogens (tertiary/aromatic N) is 1. The second kappa shape index (κ2) is 6.35. The van der Waals surface area contributed by atoms with Crippen LogP contribution in [-0.4, -0.2) is 17.0 Å². The van der Waals surface area contributed by atoms with E-state index in [1.54, 1.807) is 48.5 Å². The molecule has 2 amide bonds. The van der Waals surface area contributed by atoms with Crippen LogP contribution in [0.4, 0.5) is 10.1 Å². The van der Waals surface area contributed by atoms with Gasteiger partial charge in [0.25, 0.3) is 5.91 Å². The Bertz CT molecular complexity index is 1040. The van der Waals surface area contributed by atoms with E-state index in [-0.39, 0.29) is 22.8 Å². The standard InChI is InChI=1S/C20H16FN3O3/c21-14-7-3-1-5-12(14)16-11-17(24-27-16)20(9-10-20)19(26)23-15-8-4-2-6-13(15)18(22)25/h1-8,11H,9-10H2,(H2,22,25)(H,23,26). The number of benzene rings is 2. The van der Waals surface area contributed by atoms with Gasteiger partial charge in [0.05, 0.1) is 27.9 Å². The van der Waals surface area contributed by atoms with Crippen LogP contribution >= 0.6 is 0 Å². The second-order valence-corrected chi connectivity index (χ2v) is 6.50. The number of amides is 2. The quantitative estimate of drug-likeness (QED) is 0.725. The van der Waals surface area contributed by atoms with E-state index in [2.05, 4.69) is 10.5 Å². The van der Waals surface area contributed by atoms with Gasteiger partial charge < -0.3 is 15.6 Å². The molecule has 0 radical (unpaired) electrons. The van der Waals surface area contributed by atoms with Gasteiger partial charge in [-0.2, -0.15) is 0 Å². The molecular weight excluding hydrogens is 349 g/mol. The van der Waals surface area contributed by atoms with Crippen molar-refractivity contribution in [2.24, 2.45) is 5.73 Å². The van der Waals surface area contributed by atoms with Gasteiger partial charge in [0.2, 0.25) is 5.91 Å². The Morgan fingerprint density at radius 1 is 1.11 bits per heavy atom. The first kappa shape index (κ1) is 17.0. The number of halogens is 1. The van der Waals surface area contributed by atoms with Crippen molar-refractivity contribution in [2.75, 3.05) is 5.32 Å². The van der Waals surface area contributed by atoms with Crippen molar-refractivity contribution < 1.29 is 18.5 Å². The zero-order chi connectivity index (χ0) is 19.0. The summed E-state index contributed by atoms with van der Waals surface area (Å²) in [4.78, 5) is 24.4. The smallest absolute Gasteiger partial charge is 0.250 e. The molecule has 1 saturated carbocycles. The van der Waals surface area contributed by atoms with E-state index >= 15 is 0 Å². The monoisotopic (exact) mass is 365 g/mol. The van der Waals surface area contributed by atoms with E-state index < -0.39 is 17.1 Å². The van der Waals surface area contributed by atoms with Crippen molar-refractivity contribution >= 4 is 17.5 Å². The van der Waals surface area contributed by atoms with Gasteiger partial charge in [-0.25, -0.2) is 4.39 Å². The van der Waals surface area contributed by atoms with Gasteiger partial charge in [0.1, 0.15) is 5.82 Å². The first-order chi connectivity index (χ1) is 13.0. The van der Waals surface area contributed by atoms with Gasteiger partial charge in [0.15, 0.2) is 5.76 Å². The lowest BCUT2D eigenvalue weighted by Gasteiger charge is -2.14. The molecule has 1 heterocycles. The molecule has 136 valence electrons. The summed E-state index contributed by atoms with van der Waals surface area (Å²) >= 11 is 0. The average Bonchev–Trinajstić information content (AvgIpc) is 3.33. The van der Waals surface area contributed by atoms with Crippen molar-refractivity contribution in [3.63, 3.8) is 0 Å². The number of anilines is 1. The maximum atomic E-state index is 14.0. The summed E-state index contributed by atoms with van der Waals surface area (Å²) in [6.07, 6.45) is 1.17. The average molecular weight is 365 g/mol. The lowest BCUT2D eigenvalue weighted by Crippen LogP contribution is -2.29. The fourth-order valence-corrected chi connectivity index (χ4v) is 3.06. The van der Waals surface area contributed by atoms with Crippen molar-refractivity contribution in [1.82, 2.24) is 5.16 Å². The molecular formula is C20H16FN3O3. The zero-order valence-corrected chi connectivity index (χ0v) is 14.2. The molecule has 4 rings (SSSR count). The number of aromatic nitrogens is 1. The molecule has 6 nitrogen and oxygen atoms in total. The van der Waals surface area contributed by atoms with Crippen LogP contribution in [0.5, 0.6) is 0 Å². The highest BCUT2D eigenvalue weighted by Crippen LogP contribution is 2.49. The maximum absolute atomic E-state index is 14.0. The minimum Gasteiger partial charge on any atom is -0.366 e. The maximum Gasteiger partial charge on any atom is 0.250 e. The van der Waals surface area contributed by atoms with E-state index in [9.17, 15) is 14.0 Å². The number of primary amides is 1. The molecule has 1 aliphatic carbocycles. The van der Waals surface area contributed by atoms with E-state index in [0.29, 0.717) is 24.2 Å². The van der Waals surface area contributed by atoms with Crippen LogP contribution in [0.1, 0.15) is 28.9 Å². The molecule has 3 N–H and O–H groups in total. The van der Waals surface area contributed by atoms with Crippen LogP contribution in [-0.2, 0) is 10.2 Å². The molecule has 7 heteroatoms. The summed E-state index contributed by atoms with van der Waals surface area (Å²) in [6.45, 7) is 0. The molecule has 27 heavy (non-hydrogen) atoms. The molecule has 1 fully saturated rings. The van der Waals surface area contributed by atoms with E-state index in [0.717, 1.165) is 0 Å². The largest absolute Gasteiger partial charge is 0.366 e. The van der Waals surface area contributed by atoms with Gasteiger partial charge in [0, 0.05) is 6.07 Å². The molecule has 0 atom stereocenters. The minimum atomic E-state index is -0.849. The highest BCUT2D eigenvalue weighted by Gasteiger charge is 2.54. The third-order valence-corrected chi connectivity index (χ3v) is 4.77. The van der Waals surface area contributed by atoms with Gasteiger partial charge in [-0.15, -0.1) is 0 Å². The molecule has 1 aromatic heterocycles. The van der Waals surface area contributed by atoms with Crippen LogP contribution in [0, 0.1) is 5.82 Å². The van der Waals surface area contributed by atoms with Gasteiger partial charge in [-0.1, -0.05) is 29.4 Å². The van der Waals surface area contributed by atoms with Gasteiger partial charge >= 0.3 is 0 Å². The predicted octanol–water partition coefficient (Wildman–Crippen LogP) is 3.25. The SMILES string of the molecule is NC(=O)c1ccccc1NC(=O)C1(c2cc(-c3ccccc3F)on2)CC1. The van der Waals surface area contributed by atoms with Crippen LogP contribution in [0.15, 0.2) is 59.1 Å². The first-order valence-electron chi connectivity index (χ1n) is 8.44. The summed E-state index contributed by atoms with van der Waals surface area (Å²) < 4.78 is 19.2. The topological polar surface area (TPSA) is 98.2 Å². The molecule has 0 aliphatic heterocycles. The minimum absolute atomic E-state index is 0.230. The Balaban J connectivity index is 1.61. The molecule has 1 aliphatic rings. The lowest BCUT2D eigenvalue weighted by atomic mass is 9.99. The highest BCUT2D eigenvalue weighted by molar-refractivity contribution is 6.06. The van der Waals surface area contributed by atoms with Gasteiger partial charge in [-0.05, 0) is 37.1 Å². The Morgan fingerprint density at radius 2 is 1.81 bits per heavy atom. The fourth-order valence-electron chi connectivity index (χ4n) is 3.06. The number of nitrogens with two attached hydrogens (primary N) is 1. The molecule has 0 spiro atoms. The number of hydrogen-bond donors (Lipinski definition) is 2. The summed E-state index contributed by atoms with van der Waals surface area (Å²) in [6, 6.07) is 14.3. The molecule has 0 unspecified atom stereocenters. The fraction of sp³-hybridized carbons (Fsp3) is 0.150. The molecule has 2 aromatic carbocycles. The predicted molar refractivity (Wildman–Crippen MR) is 96.4 cm³/mol. The van der Waals surface area contributed by atoms with Crippen LogP contribution < -0.4 is 11.1 Å². The third kappa shape index (κ3) is 2.97.